The van der Waals surface area contributed by atoms with E-state index >= 15 is 0 Å². The summed E-state index contributed by atoms with van der Waals surface area (Å²) in [6.45, 7) is 3.12. The SMILES string of the molecule is O=C(COc1ccc(Cl)cc1Cl)N1CCN(Cc2nnnn2-c2ccc(Cl)cc2)CC1. The largest absolute Gasteiger partial charge is 0.482 e. The number of benzene rings is 2. The third kappa shape index (κ3) is 5.46. The van der Waals surface area contributed by atoms with Crippen LogP contribution in [0.1, 0.15) is 5.82 Å². The lowest BCUT2D eigenvalue weighted by Crippen LogP contribution is -2.49. The van der Waals surface area contributed by atoms with Crippen molar-refractivity contribution in [1.82, 2.24) is 30.0 Å². The standard InChI is InChI=1S/C20H19Cl3N6O2/c21-14-1-4-16(5-2-14)29-19(24-25-26-29)12-27-7-9-28(10-8-27)20(30)13-31-18-6-3-15(22)11-17(18)23/h1-6,11H,7-10,12-13H2. The van der Waals surface area contributed by atoms with Gasteiger partial charge in [-0.25, -0.2) is 0 Å². The molecule has 162 valence electrons. The first-order valence-corrected chi connectivity index (χ1v) is 10.7. The number of hydrogen-bond donors (Lipinski definition) is 0. The van der Waals surface area contributed by atoms with Crippen molar-refractivity contribution in [2.24, 2.45) is 0 Å². The predicted molar refractivity (Wildman–Crippen MR) is 118 cm³/mol. The van der Waals surface area contributed by atoms with Crippen LogP contribution in [0.3, 0.4) is 0 Å². The van der Waals surface area contributed by atoms with Crippen LogP contribution in [-0.4, -0.2) is 68.7 Å². The molecule has 0 unspecified atom stereocenters. The molecule has 0 spiro atoms. The van der Waals surface area contributed by atoms with E-state index in [1.165, 1.54) is 0 Å². The number of ether oxygens (including phenoxy) is 1. The van der Waals surface area contributed by atoms with Crippen LogP contribution in [0.2, 0.25) is 15.1 Å². The third-order valence-corrected chi connectivity index (χ3v) is 5.72. The molecule has 2 heterocycles. The molecule has 1 amide bonds. The maximum atomic E-state index is 12.5. The molecule has 1 aromatic heterocycles. The third-order valence-electron chi connectivity index (χ3n) is 4.94. The van der Waals surface area contributed by atoms with Crippen molar-refractivity contribution in [2.45, 2.75) is 6.54 Å². The van der Waals surface area contributed by atoms with E-state index < -0.39 is 0 Å². The summed E-state index contributed by atoms with van der Waals surface area (Å²) in [6.07, 6.45) is 0. The zero-order valence-corrected chi connectivity index (χ0v) is 18.7. The molecule has 0 radical (unpaired) electrons. The van der Waals surface area contributed by atoms with Gasteiger partial charge < -0.3 is 9.64 Å². The maximum absolute atomic E-state index is 12.5. The number of amides is 1. The number of aromatic nitrogens is 4. The van der Waals surface area contributed by atoms with Crippen LogP contribution in [0.25, 0.3) is 5.69 Å². The topological polar surface area (TPSA) is 76.4 Å². The van der Waals surface area contributed by atoms with Gasteiger partial charge in [0, 0.05) is 36.2 Å². The molecule has 0 saturated carbocycles. The minimum Gasteiger partial charge on any atom is -0.482 e. The lowest BCUT2D eigenvalue weighted by Gasteiger charge is -2.34. The van der Waals surface area contributed by atoms with Crippen molar-refractivity contribution in [2.75, 3.05) is 32.8 Å². The zero-order valence-electron chi connectivity index (χ0n) is 16.4. The Morgan fingerprint density at radius 3 is 2.39 bits per heavy atom. The number of carbonyl (C=O) groups is 1. The number of tetrazole rings is 1. The van der Waals surface area contributed by atoms with Gasteiger partial charge in [0.25, 0.3) is 5.91 Å². The molecule has 11 heteroatoms. The molecule has 1 aliphatic heterocycles. The Hall–Kier alpha value is -2.39. The predicted octanol–water partition coefficient (Wildman–Crippen LogP) is 3.35. The Balaban J connectivity index is 1.29. The van der Waals surface area contributed by atoms with E-state index in [-0.39, 0.29) is 12.5 Å². The van der Waals surface area contributed by atoms with Gasteiger partial charge in [0.2, 0.25) is 0 Å². The number of halogens is 3. The van der Waals surface area contributed by atoms with E-state index in [2.05, 4.69) is 20.4 Å². The molecular weight excluding hydrogens is 463 g/mol. The lowest BCUT2D eigenvalue weighted by molar-refractivity contribution is -0.135. The van der Waals surface area contributed by atoms with Gasteiger partial charge in [0.05, 0.1) is 17.3 Å². The molecule has 0 aliphatic carbocycles. The summed E-state index contributed by atoms with van der Waals surface area (Å²) < 4.78 is 7.25. The van der Waals surface area contributed by atoms with Gasteiger partial charge in [0.1, 0.15) is 5.75 Å². The Morgan fingerprint density at radius 1 is 0.968 bits per heavy atom. The molecule has 3 aromatic rings. The summed E-state index contributed by atoms with van der Waals surface area (Å²) in [6, 6.07) is 12.2. The smallest absolute Gasteiger partial charge is 0.260 e. The van der Waals surface area contributed by atoms with Crippen LogP contribution < -0.4 is 4.74 Å². The molecule has 0 bridgehead atoms. The van der Waals surface area contributed by atoms with Crippen molar-refractivity contribution in [3.63, 3.8) is 0 Å². The van der Waals surface area contributed by atoms with Gasteiger partial charge in [-0.15, -0.1) is 5.10 Å². The fourth-order valence-electron chi connectivity index (χ4n) is 3.27. The normalized spacial score (nSPS) is 14.6. The van der Waals surface area contributed by atoms with E-state index in [0.717, 1.165) is 11.5 Å². The van der Waals surface area contributed by atoms with E-state index in [1.807, 2.05) is 12.1 Å². The minimum absolute atomic E-state index is 0.0732. The second-order valence-electron chi connectivity index (χ2n) is 7.00. The summed E-state index contributed by atoms with van der Waals surface area (Å²) in [4.78, 5) is 16.5. The van der Waals surface area contributed by atoms with Gasteiger partial charge in [0.15, 0.2) is 12.4 Å². The molecule has 2 aromatic carbocycles. The maximum Gasteiger partial charge on any atom is 0.260 e. The Morgan fingerprint density at radius 2 is 1.68 bits per heavy atom. The van der Waals surface area contributed by atoms with Crippen molar-refractivity contribution in [3.8, 4) is 11.4 Å². The van der Waals surface area contributed by atoms with Gasteiger partial charge in [-0.3, -0.25) is 9.69 Å². The van der Waals surface area contributed by atoms with Crippen LogP contribution in [0.4, 0.5) is 0 Å². The summed E-state index contributed by atoms with van der Waals surface area (Å²) in [5.74, 6) is 1.08. The van der Waals surface area contributed by atoms with Crippen molar-refractivity contribution < 1.29 is 9.53 Å². The molecule has 31 heavy (non-hydrogen) atoms. The number of nitrogens with zero attached hydrogens (tertiary/aromatic N) is 6. The fourth-order valence-corrected chi connectivity index (χ4v) is 3.85. The first kappa shape index (κ1) is 21.8. The summed E-state index contributed by atoms with van der Waals surface area (Å²) in [5, 5.41) is 13.6. The highest BCUT2D eigenvalue weighted by atomic mass is 35.5. The average molecular weight is 482 g/mol. The van der Waals surface area contributed by atoms with Gasteiger partial charge in [-0.1, -0.05) is 34.8 Å². The number of hydrogen-bond acceptors (Lipinski definition) is 6. The first-order chi connectivity index (χ1) is 15.0. The molecular formula is C20H19Cl3N6O2. The van der Waals surface area contributed by atoms with E-state index in [4.69, 9.17) is 39.5 Å². The first-order valence-electron chi connectivity index (χ1n) is 9.61. The monoisotopic (exact) mass is 480 g/mol. The average Bonchev–Trinajstić information content (AvgIpc) is 3.22. The second-order valence-corrected chi connectivity index (χ2v) is 8.28. The molecule has 4 rings (SSSR count). The van der Waals surface area contributed by atoms with Crippen LogP contribution in [0.15, 0.2) is 42.5 Å². The summed E-state index contributed by atoms with van der Waals surface area (Å²) in [7, 11) is 0. The second kappa shape index (κ2) is 9.82. The molecule has 1 saturated heterocycles. The van der Waals surface area contributed by atoms with Crippen molar-refractivity contribution in [3.05, 3.63) is 63.4 Å². The quantitative estimate of drug-likeness (QED) is 0.537. The lowest BCUT2D eigenvalue weighted by atomic mass is 10.3. The number of carbonyl (C=O) groups excluding carboxylic acids is 1. The van der Waals surface area contributed by atoms with Crippen molar-refractivity contribution in [1.29, 1.82) is 0 Å². The molecule has 1 fully saturated rings. The number of piperazine rings is 1. The Labute approximate surface area is 194 Å². The highest BCUT2D eigenvalue weighted by Crippen LogP contribution is 2.27. The van der Waals surface area contributed by atoms with Crippen LogP contribution in [0.5, 0.6) is 5.75 Å². The Bertz CT molecular complexity index is 1050. The molecule has 0 atom stereocenters. The minimum atomic E-state index is -0.0864. The van der Waals surface area contributed by atoms with Crippen LogP contribution in [0, 0.1) is 0 Å². The van der Waals surface area contributed by atoms with Crippen LogP contribution >= 0.6 is 34.8 Å². The molecule has 8 nitrogen and oxygen atoms in total. The van der Waals surface area contributed by atoms with Gasteiger partial charge in [-0.05, 0) is 52.9 Å². The van der Waals surface area contributed by atoms with Crippen LogP contribution in [-0.2, 0) is 11.3 Å². The summed E-state index contributed by atoms with van der Waals surface area (Å²) in [5.41, 5.74) is 0.844. The highest BCUT2D eigenvalue weighted by molar-refractivity contribution is 6.35. The fraction of sp³-hybridized carbons (Fsp3) is 0.300. The summed E-state index contributed by atoms with van der Waals surface area (Å²) >= 11 is 17.9. The van der Waals surface area contributed by atoms with E-state index in [9.17, 15) is 4.79 Å². The van der Waals surface area contributed by atoms with Crippen molar-refractivity contribution >= 4 is 40.7 Å². The van der Waals surface area contributed by atoms with Gasteiger partial charge >= 0.3 is 0 Å². The molecule has 1 aliphatic rings. The van der Waals surface area contributed by atoms with Gasteiger partial charge in [-0.2, -0.15) is 4.68 Å². The zero-order chi connectivity index (χ0) is 21.8. The number of rotatable bonds is 6. The Kier molecular flexibility index (Phi) is 6.92. The molecule has 0 N–H and O–H groups in total. The van der Waals surface area contributed by atoms with E-state index in [1.54, 1.807) is 39.9 Å². The van der Waals surface area contributed by atoms with E-state index in [0.29, 0.717) is 53.5 Å². The highest BCUT2D eigenvalue weighted by Gasteiger charge is 2.23.